The fourth-order valence-corrected chi connectivity index (χ4v) is 1.81. The summed E-state index contributed by atoms with van der Waals surface area (Å²) in [5.41, 5.74) is 1.17. The molecule has 0 aliphatic rings. The van der Waals surface area contributed by atoms with Gasteiger partial charge in [-0.05, 0) is 18.2 Å². The van der Waals surface area contributed by atoms with Gasteiger partial charge < -0.3 is 4.98 Å². The van der Waals surface area contributed by atoms with Crippen LogP contribution in [0, 0.1) is 4.64 Å². The maximum atomic E-state index is 5.06. The highest BCUT2D eigenvalue weighted by Crippen LogP contribution is 2.08. The summed E-state index contributed by atoms with van der Waals surface area (Å²) >= 11 is 6.91. The Bertz CT molecular complexity index is 320. The van der Waals surface area contributed by atoms with Crippen LogP contribution in [0.2, 0.25) is 0 Å². The molecule has 1 rings (SSSR count). The van der Waals surface area contributed by atoms with Gasteiger partial charge in [0.05, 0.1) is 5.75 Å². The first-order valence-electron chi connectivity index (χ1n) is 4.43. The van der Waals surface area contributed by atoms with Crippen LogP contribution in [0.3, 0.4) is 0 Å². The molecule has 1 aromatic rings. The second kappa shape index (κ2) is 5.40. The standard InChI is InChI=1S/C9H14N2S2/c1-3-7-5-9(12)11-8(10-7)6-13-4-2/h5H,3-4,6H2,1-2H3,(H,10,11,12). The quantitative estimate of drug-likeness (QED) is 0.781. The molecule has 1 N–H and O–H groups in total. The number of aromatic amines is 1. The van der Waals surface area contributed by atoms with E-state index in [4.69, 9.17) is 12.2 Å². The Morgan fingerprint density at radius 1 is 1.54 bits per heavy atom. The van der Waals surface area contributed by atoms with Gasteiger partial charge in [-0.2, -0.15) is 11.8 Å². The monoisotopic (exact) mass is 214 g/mol. The highest BCUT2D eigenvalue weighted by Gasteiger charge is 1.96. The summed E-state index contributed by atoms with van der Waals surface area (Å²) in [6, 6.07) is 1.93. The van der Waals surface area contributed by atoms with Gasteiger partial charge in [0, 0.05) is 5.69 Å². The highest BCUT2D eigenvalue weighted by molar-refractivity contribution is 7.98. The van der Waals surface area contributed by atoms with E-state index in [1.54, 1.807) is 0 Å². The van der Waals surface area contributed by atoms with E-state index in [-0.39, 0.29) is 0 Å². The first kappa shape index (κ1) is 10.7. The molecule has 0 saturated heterocycles. The number of H-pyrrole nitrogens is 1. The van der Waals surface area contributed by atoms with Crippen molar-refractivity contribution < 1.29 is 0 Å². The normalized spacial score (nSPS) is 10.3. The van der Waals surface area contributed by atoms with Crippen molar-refractivity contribution in [3.63, 3.8) is 0 Å². The molecule has 0 bridgehead atoms. The van der Waals surface area contributed by atoms with Crippen molar-refractivity contribution in [2.75, 3.05) is 5.75 Å². The number of aromatic nitrogens is 2. The van der Waals surface area contributed by atoms with E-state index in [1.807, 2.05) is 17.8 Å². The average Bonchev–Trinajstić information content (AvgIpc) is 2.14. The lowest BCUT2D eigenvalue weighted by molar-refractivity contribution is 0.933. The molecule has 0 radical (unpaired) electrons. The van der Waals surface area contributed by atoms with Gasteiger partial charge in [0.1, 0.15) is 10.5 Å². The first-order chi connectivity index (χ1) is 6.26. The van der Waals surface area contributed by atoms with E-state index in [2.05, 4.69) is 23.8 Å². The molecule has 0 fully saturated rings. The van der Waals surface area contributed by atoms with Crippen LogP contribution in [0.25, 0.3) is 0 Å². The van der Waals surface area contributed by atoms with Gasteiger partial charge in [0.25, 0.3) is 0 Å². The smallest absolute Gasteiger partial charge is 0.130 e. The number of rotatable bonds is 4. The Hall–Kier alpha value is -0.350. The van der Waals surface area contributed by atoms with Gasteiger partial charge in [-0.25, -0.2) is 4.98 Å². The summed E-state index contributed by atoms with van der Waals surface area (Å²) in [4.78, 5) is 7.53. The average molecular weight is 214 g/mol. The van der Waals surface area contributed by atoms with E-state index in [1.165, 1.54) is 5.69 Å². The molecule has 1 aromatic heterocycles. The lowest BCUT2D eigenvalue weighted by Crippen LogP contribution is -1.97. The molecular weight excluding hydrogens is 200 g/mol. The van der Waals surface area contributed by atoms with Crippen molar-refractivity contribution in [2.45, 2.75) is 26.0 Å². The van der Waals surface area contributed by atoms with Crippen molar-refractivity contribution in [2.24, 2.45) is 0 Å². The Morgan fingerprint density at radius 2 is 2.31 bits per heavy atom. The van der Waals surface area contributed by atoms with Gasteiger partial charge in [0.2, 0.25) is 0 Å². The molecule has 0 unspecified atom stereocenters. The van der Waals surface area contributed by atoms with Crippen LogP contribution < -0.4 is 0 Å². The lowest BCUT2D eigenvalue weighted by Gasteiger charge is -2.02. The number of hydrogen-bond acceptors (Lipinski definition) is 3. The number of nitrogens with one attached hydrogen (secondary N) is 1. The van der Waals surface area contributed by atoms with Crippen LogP contribution in [0.5, 0.6) is 0 Å². The van der Waals surface area contributed by atoms with Crippen molar-refractivity contribution in [1.82, 2.24) is 9.97 Å². The van der Waals surface area contributed by atoms with Gasteiger partial charge in [-0.3, -0.25) is 0 Å². The largest absolute Gasteiger partial charge is 0.346 e. The topological polar surface area (TPSA) is 28.7 Å². The van der Waals surface area contributed by atoms with E-state index in [0.717, 1.165) is 23.8 Å². The molecule has 0 amide bonds. The van der Waals surface area contributed by atoms with Crippen LogP contribution in [-0.2, 0) is 12.2 Å². The lowest BCUT2D eigenvalue weighted by atomic mass is 10.3. The van der Waals surface area contributed by atoms with E-state index in [9.17, 15) is 0 Å². The molecule has 0 atom stereocenters. The maximum absolute atomic E-state index is 5.06. The Balaban J connectivity index is 2.82. The Kier molecular flexibility index (Phi) is 4.45. The second-order valence-corrected chi connectivity index (χ2v) is 4.37. The fraction of sp³-hybridized carbons (Fsp3) is 0.556. The van der Waals surface area contributed by atoms with Crippen molar-refractivity contribution >= 4 is 24.0 Å². The molecule has 0 aliphatic carbocycles. The first-order valence-corrected chi connectivity index (χ1v) is 5.99. The van der Waals surface area contributed by atoms with Crippen LogP contribution in [0.15, 0.2) is 6.07 Å². The zero-order valence-electron chi connectivity index (χ0n) is 7.96. The summed E-state index contributed by atoms with van der Waals surface area (Å²) in [5.74, 6) is 3.03. The number of nitrogens with zero attached hydrogens (tertiary/aromatic N) is 1. The van der Waals surface area contributed by atoms with Gasteiger partial charge >= 0.3 is 0 Å². The number of aryl methyl sites for hydroxylation is 1. The molecule has 2 nitrogen and oxygen atoms in total. The van der Waals surface area contributed by atoms with Gasteiger partial charge in [0.15, 0.2) is 0 Å². The molecule has 72 valence electrons. The van der Waals surface area contributed by atoms with Crippen molar-refractivity contribution in [3.05, 3.63) is 22.2 Å². The van der Waals surface area contributed by atoms with E-state index in [0.29, 0.717) is 4.64 Å². The van der Waals surface area contributed by atoms with Crippen molar-refractivity contribution in [1.29, 1.82) is 0 Å². The minimum atomic E-state index is 0.697. The van der Waals surface area contributed by atoms with Crippen LogP contribution in [0.1, 0.15) is 25.4 Å². The SMILES string of the molecule is CCSCc1nc(=S)cc(CC)[nH]1. The zero-order chi connectivity index (χ0) is 9.68. The molecule has 0 aliphatic heterocycles. The van der Waals surface area contributed by atoms with E-state index >= 15 is 0 Å². The zero-order valence-corrected chi connectivity index (χ0v) is 9.60. The molecular formula is C9H14N2S2. The highest BCUT2D eigenvalue weighted by atomic mass is 32.2. The summed E-state index contributed by atoms with van der Waals surface area (Å²) < 4.78 is 0.697. The Labute approximate surface area is 88.2 Å². The van der Waals surface area contributed by atoms with Crippen molar-refractivity contribution in [3.8, 4) is 0 Å². The minimum Gasteiger partial charge on any atom is -0.346 e. The molecule has 1 heterocycles. The summed E-state index contributed by atoms with van der Waals surface area (Å²) in [7, 11) is 0. The maximum Gasteiger partial charge on any atom is 0.130 e. The van der Waals surface area contributed by atoms with Crippen LogP contribution in [-0.4, -0.2) is 15.7 Å². The third-order valence-electron chi connectivity index (χ3n) is 1.67. The summed E-state index contributed by atoms with van der Waals surface area (Å²) in [6.07, 6.45) is 0.982. The number of thioether (sulfide) groups is 1. The molecule has 13 heavy (non-hydrogen) atoms. The third kappa shape index (κ3) is 3.48. The molecule has 0 spiro atoms. The third-order valence-corrected chi connectivity index (χ3v) is 2.77. The van der Waals surface area contributed by atoms with Crippen LogP contribution >= 0.6 is 24.0 Å². The molecule has 0 saturated carbocycles. The van der Waals surface area contributed by atoms with Crippen LogP contribution in [0.4, 0.5) is 0 Å². The summed E-state index contributed by atoms with van der Waals surface area (Å²) in [5, 5.41) is 0. The summed E-state index contributed by atoms with van der Waals surface area (Å²) in [6.45, 7) is 4.25. The van der Waals surface area contributed by atoms with Gasteiger partial charge in [-0.1, -0.05) is 26.1 Å². The second-order valence-electron chi connectivity index (χ2n) is 2.68. The Morgan fingerprint density at radius 3 is 2.92 bits per heavy atom. The fourth-order valence-electron chi connectivity index (χ4n) is 1.02. The molecule has 0 aromatic carbocycles. The van der Waals surface area contributed by atoms with Gasteiger partial charge in [-0.15, -0.1) is 0 Å². The molecule has 4 heteroatoms. The minimum absolute atomic E-state index is 0.697. The van der Waals surface area contributed by atoms with E-state index < -0.39 is 0 Å². The number of hydrogen-bond donors (Lipinski definition) is 1. The predicted octanol–water partition coefficient (Wildman–Crippen LogP) is 2.95. The predicted molar refractivity (Wildman–Crippen MR) is 60.6 cm³/mol.